The smallest absolute Gasteiger partial charge is 0.266 e. The molecule has 1 aliphatic carbocycles. The molecule has 32 heavy (non-hydrogen) atoms. The fraction of sp³-hybridized carbons (Fsp3) is 0.261. The Morgan fingerprint density at radius 1 is 1.22 bits per heavy atom. The van der Waals surface area contributed by atoms with Crippen molar-refractivity contribution in [2.75, 3.05) is 11.9 Å². The van der Waals surface area contributed by atoms with Crippen LogP contribution in [0.5, 0.6) is 0 Å². The van der Waals surface area contributed by atoms with Crippen molar-refractivity contribution >= 4 is 28.3 Å². The molecule has 4 aromatic rings. The van der Waals surface area contributed by atoms with Crippen molar-refractivity contribution in [3.63, 3.8) is 0 Å². The van der Waals surface area contributed by atoms with Gasteiger partial charge in [-0.3, -0.25) is 14.0 Å². The summed E-state index contributed by atoms with van der Waals surface area (Å²) in [6.07, 6.45) is 6.40. The number of aliphatic hydroxyl groups excluding tert-OH is 1. The van der Waals surface area contributed by atoms with Gasteiger partial charge in [0.2, 0.25) is 0 Å². The van der Waals surface area contributed by atoms with E-state index in [4.69, 9.17) is 11.6 Å². The molecule has 2 N–H and O–H groups in total. The Labute approximate surface area is 188 Å². The highest BCUT2D eigenvalue weighted by Gasteiger charge is 2.28. The molecule has 7 nitrogen and oxygen atoms in total. The first-order chi connectivity index (χ1) is 15.5. The molecule has 0 aliphatic heterocycles. The molecule has 1 saturated carbocycles. The van der Waals surface area contributed by atoms with Crippen LogP contribution in [0.25, 0.3) is 16.6 Å². The molecule has 0 saturated heterocycles. The second-order valence-corrected chi connectivity index (χ2v) is 8.47. The molecule has 0 unspecified atom stereocenters. The molecule has 5 rings (SSSR count). The van der Waals surface area contributed by atoms with Gasteiger partial charge in [-0.15, -0.1) is 0 Å². The van der Waals surface area contributed by atoms with E-state index >= 15 is 0 Å². The van der Waals surface area contributed by atoms with Gasteiger partial charge in [-0.2, -0.15) is 5.10 Å². The Morgan fingerprint density at radius 3 is 2.81 bits per heavy atom. The van der Waals surface area contributed by atoms with Gasteiger partial charge in [0.25, 0.3) is 5.56 Å². The van der Waals surface area contributed by atoms with E-state index in [1.54, 1.807) is 41.2 Å². The minimum Gasteiger partial charge on any atom is -0.396 e. The summed E-state index contributed by atoms with van der Waals surface area (Å²) < 4.78 is 17.1. The number of rotatable bonds is 6. The average Bonchev–Trinajstić information content (AvgIpc) is 3.17. The predicted octanol–water partition coefficient (Wildman–Crippen LogP) is 3.61. The molecule has 1 aliphatic rings. The summed E-state index contributed by atoms with van der Waals surface area (Å²) in [5.41, 5.74) is 1.35. The van der Waals surface area contributed by atoms with Crippen molar-refractivity contribution in [1.29, 1.82) is 0 Å². The summed E-state index contributed by atoms with van der Waals surface area (Å²) in [7, 11) is 0. The highest BCUT2D eigenvalue weighted by Crippen LogP contribution is 2.30. The Balaban J connectivity index is 1.46. The Kier molecular flexibility index (Phi) is 5.40. The largest absolute Gasteiger partial charge is 0.396 e. The van der Waals surface area contributed by atoms with Crippen LogP contribution in [0.1, 0.15) is 18.4 Å². The number of nitrogens with zero attached hydrogens (tertiary/aromatic N) is 4. The standard InChI is InChI=1S/C23H21ClFN5O2/c24-18-11-26-22(28-16-7-14(8-16)13-31)9-21(18)29-6-5-20-17(23(29)32)10-27-30(20)12-15-3-1-2-4-19(15)25/h1-6,9-11,14,16,31H,7-8,12-13H2,(H,26,28). The number of benzene rings is 1. The predicted molar refractivity (Wildman–Crippen MR) is 121 cm³/mol. The molecular formula is C23H21ClFN5O2. The average molecular weight is 454 g/mol. The van der Waals surface area contributed by atoms with Gasteiger partial charge in [0.15, 0.2) is 0 Å². The molecule has 3 aromatic heterocycles. The van der Waals surface area contributed by atoms with Crippen LogP contribution < -0.4 is 10.9 Å². The molecule has 0 bridgehead atoms. The Bertz CT molecular complexity index is 1350. The van der Waals surface area contributed by atoms with Gasteiger partial charge in [-0.05, 0) is 30.9 Å². The van der Waals surface area contributed by atoms with Crippen molar-refractivity contribution in [3.8, 4) is 5.69 Å². The van der Waals surface area contributed by atoms with Crippen LogP contribution in [0, 0.1) is 11.7 Å². The van der Waals surface area contributed by atoms with Crippen LogP contribution >= 0.6 is 11.6 Å². The van der Waals surface area contributed by atoms with Crippen LogP contribution in [0.2, 0.25) is 5.02 Å². The lowest BCUT2D eigenvalue weighted by Crippen LogP contribution is -2.37. The van der Waals surface area contributed by atoms with Gasteiger partial charge in [0.1, 0.15) is 11.6 Å². The maximum atomic E-state index is 14.0. The first kappa shape index (κ1) is 20.7. The lowest BCUT2D eigenvalue weighted by Gasteiger charge is -2.35. The number of halogens is 2. The fourth-order valence-corrected chi connectivity index (χ4v) is 4.28. The van der Waals surface area contributed by atoms with Gasteiger partial charge in [-0.1, -0.05) is 29.8 Å². The normalized spacial score (nSPS) is 18.0. The highest BCUT2D eigenvalue weighted by molar-refractivity contribution is 6.32. The third kappa shape index (κ3) is 3.76. The zero-order valence-electron chi connectivity index (χ0n) is 17.1. The topological polar surface area (TPSA) is 85.0 Å². The van der Waals surface area contributed by atoms with Crippen LogP contribution in [-0.2, 0) is 6.54 Å². The molecule has 0 atom stereocenters. The second kappa shape index (κ2) is 8.37. The van der Waals surface area contributed by atoms with Crippen LogP contribution in [0.4, 0.5) is 10.2 Å². The van der Waals surface area contributed by atoms with Crippen LogP contribution in [-0.4, -0.2) is 37.1 Å². The van der Waals surface area contributed by atoms with Crippen LogP contribution in [0.3, 0.4) is 0 Å². The van der Waals surface area contributed by atoms with Gasteiger partial charge in [-0.25, -0.2) is 9.37 Å². The molecule has 9 heteroatoms. The molecule has 3 heterocycles. The molecule has 1 aromatic carbocycles. The van der Waals surface area contributed by atoms with Gasteiger partial charge in [0.05, 0.1) is 40.6 Å². The van der Waals surface area contributed by atoms with E-state index in [9.17, 15) is 14.3 Å². The number of hydrogen-bond donors (Lipinski definition) is 2. The van der Waals surface area contributed by atoms with Gasteiger partial charge >= 0.3 is 0 Å². The zero-order chi connectivity index (χ0) is 22.2. The quantitative estimate of drug-likeness (QED) is 0.466. The maximum Gasteiger partial charge on any atom is 0.266 e. The van der Waals surface area contributed by atoms with Crippen LogP contribution in [0.15, 0.2) is 59.8 Å². The maximum absolute atomic E-state index is 14.0. The molecule has 0 spiro atoms. The summed E-state index contributed by atoms with van der Waals surface area (Å²) in [5.74, 6) is 0.628. The minimum atomic E-state index is -0.315. The lowest BCUT2D eigenvalue weighted by molar-refractivity contribution is 0.151. The van der Waals surface area contributed by atoms with Gasteiger partial charge in [0, 0.05) is 30.5 Å². The number of anilines is 1. The third-order valence-electron chi connectivity index (χ3n) is 5.93. The molecular weight excluding hydrogens is 433 g/mol. The first-order valence-corrected chi connectivity index (χ1v) is 10.7. The fourth-order valence-electron chi connectivity index (χ4n) is 4.09. The van der Waals surface area contributed by atoms with E-state index in [2.05, 4.69) is 15.4 Å². The summed E-state index contributed by atoms with van der Waals surface area (Å²) in [6, 6.07) is 10.2. The summed E-state index contributed by atoms with van der Waals surface area (Å²) in [5, 5.41) is 17.6. The van der Waals surface area contributed by atoms with E-state index in [1.165, 1.54) is 23.0 Å². The summed E-state index contributed by atoms with van der Waals surface area (Å²) in [6.45, 7) is 0.414. The number of nitrogens with one attached hydrogen (secondary N) is 1. The van der Waals surface area contributed by atoms with E-state index in [0.717, 1.165) is 12.8 Å². The molecule has 1 fully saturated rings. The van der Waals surface area contributed by atoms with E-state index < -0.39 is 0 Å². The number of pyridine rings is 2. The number of aromatic nitrogens is 4. The van der Waals surface area contributed by atoms with Crippen molar-refractivity contribution in [2.24, 2.45) is 5.92 Å². The molecule has 164 valence electrons. The van der Waals surface area contributed by atoms with Crippen molar-refractivity contribution < 1.29 is 9.50 Å². The minimum absolute atomic E-state index is 0.192. The lowest BCUT2D eigenvalue weighted by atomic mass is 9.81. The Morgan fingerprint density at radius 2 is 2.03 bits per heavy atom. The summed E-state index contributed by atoms with van der Waals surface area (Å²) >= 11 is 6.37. The van der Waals surface area contributed by atoms with E-state index in [1.807, 2.05) is 0 Å². The van der Waals surface area contributed by atoms with Crippen molar-refractivity contribution in [2.45, 2.75) is 25.4 Å². The molecule has 0 amide bonds. The number of hydrogen-bond acceptors (Lipinski definition) is 5. The summed E-state index contributed by atoms with van der Waals surface area (Å²) in [4.78, 5) is 17.5. The Hall–Kier alpha value is -3.23. The number of fused-ring (bicyclic) bond motifs is 1. The highest BCUT2D eigenvalue weighted by atomic mass is 35.5. The van der Waals surface area contributed by atoms with Gasteiger partial charge < -0.3 is 10.4 Å². The zero-order valence-corrected chi connectivity index (χ0v) is 17.8. The van der Waals surface area contributed by atoms with Crippen molar-refractivity contribution in [1.82, 2.24) is 19.3 Å². The third-order valence-corrected chi connectivity index (χ3v) is 6.22. The monoisotopic (exact) mass is 453 g/mol. The van der Waals surface area contributed by atoms with E-state index in [0.29, 0.717) is 38.9 Å². The SMILES string of the molecule is O=c1c2cnn(Cc3ccccc3F)c2ccn1-c1cc(NC2CC(CO)C2)ncc1Cl. The number of aliphatic hydroxyl groups is 1. The molecule has 0 radical (unpaired) electrons. The second-order valence-electron chi connectivity index (χ2n) is 8.07. The first-order valence-electron chi connectivity index (χ1n) is 10.4. The van der Waals surface area contributed by atoms with Crippen molar-refractivity contribution in [3.05, 3.63) is 81.7 Å². The van der Waals surface area contributed by atoms with E-state index in [-0.39, 0.29) is 30.6 Å².